The summed E-state index contributed by atoms with van der Waals surface area (Å²) in [6.45, 7) is 4.26. The Morgan fingerprint density at radius 1 is 1.29 bits per heavy atom. The molecule has 0 spiro atoms. The van der Waals surface area contributed by atoms with Crippen LogP contribution in [-0.4, -0.2) is 9.55 Å². The molecule has 1 aromatic carbocycles. The number of hydrogen-bond acceptors (Lipinski definition) is 2. The van der Waals surface area contributed by atoms with Gasteiger partial charge >= 0.3 is 5.69 Å². The van der Waals surface area contributed by atoms with Gasteiger partial charge in [0.2, 0.25) is 0 Å². The van der Waals surface area contributed by atoms with Crippen molar-refractivity contribution in [2.75, 3.05) is 0 Å². The van der Waals surface area contributed by atoms with Gasteiger partial charge in [-0.3, -0.25) is 14.3 Å². The van der Waals surface area contributed by atoms with Gasteiger partial charge in [-0.2, -0.15) is 0 Å². The molecule has 0 aliphatic heterocycles. The van der Waals surface area contributed by atoms with Crippen LogP contribution in [0.2, 0.25) is 5.15 Å². The second kappa shape index (κ2) is 6.26. The quantitative estimate of drug-likeness (QED) is 0.882. The van der Waals surface area contributed by atoms with Crippen LogP contribution in [0.3, 0.4) is 0 Å². The summed E-state index contributed by atoms with van der Waals surface area (Å²) in [6.07, 6.45) is 0.848. The van der Waals surface area contributed by atoms with E-state index in [1.54, 1.807) is 0 Å². The molecule has 1 unspecified atom stereocenters. The normalized spacial score (nSPS) is 12.4. The summed E-state index contributed by atoms with van der Waals surface area (Å²) >= 11 is 5.99. The van der Waals surface area contributed by atoms with E-state index in [2.05, 4.69) is 4.98 Å². The van der Waals surface area contributed by atoms with Crippen LogP contribution in [0.5, 0.6) is 0 Å². The third-order valence-electron chi connectivity index (χ3n) is 3.46. The number of halogens is 2. The highest BCUT2D eigenvalue weighted by molar-refractivity contribution is 6.32. The molecule has 6 heteroatoms. The van der Waals surface area contributed by atoms with Gasteiger partial charge in [0.05, 0.1) is 5.56 Å². The molecule has 1 N–H and O–H groups in total. The maximum absolute atomic E-state index is 13.0. The molecule has 2 aromatic rings. The molecular formula is C15H16ClFN2O2. The Labute approximate surface area is 126 Å². The third-order valence-corrected chi connectivity index (χ3v) is 3.75. The third kappa shape index (κ3) is 3.24. The average Bonchev–Trinajstić information content (AvgIpc) is 2.45. The molecule has 0 fully saturated rings. The van der Waals surface area contributed by atoms with E-state index in [1.165, 1.54) is 24.3 Å². The molecule has 2 rings (SSSR count). The van der Waals surface area contributed by atoms with Gasteiger partial charge in [-0.05, 0) is 23.6 Å². The maximum atomic E-state index is 13.0. The lowest BCUT2D eigenvalue weighted by atomic mass is 10.1. The minimum atomic E-state index is -0.531. The molecule has 21 heavy (non-hydrogen) atoms. The van der Waals surface area contributed by atoms with E-state index in [0.717, 1.165) is 11.0 Å². The smallest absolute Gasteiger partial charge is 0.297 e. The summed E-state index contributed by atoms with van der Waals surface area (Å²) in [5, 5.41) is -0.0305. The van der Waals surface area contributed by atoms with E-state index in [1.807, 2.05) is 13.8 Å². The van der Waals surface area contributed by atoms with Crippen LogP contribution in [0.25, 0.3) is 11.1 Å². The van der Waals surface area contributed by atoms with Crippen molar-refractivity contribution in [2.45, 2.75) is 26.8 Å². The summed E-state index contributed by atoms with van der Waals surface area (Å²) in [5.74, 6) is -0.217. The maximum Gasteiger partial charge on any atom is 0.329 e. The summed E-state index contributed by atoms with van der Waals surface area (Å²) in [6, 6.07) is 5.41. The fraction of sp³-hybridized carbons (Fsp3) is 0.333. The molecule has 0 radical (unpaired) electrons. The lowest BCUT2D eigenvalue weighted by Gasteiger charge is -2.12. The van der Waals surface area contributed by atoms with Crippen molar-refractivity contribution in [3.05, 3.63) is 56.1 Å². The van der Waals surface area contributed by atoms with E-state index < -0.39 is 17.1 Å². The minimum absolute atomic E-state index is 0.0305. The molecule has 0 saturated carbocycles. The van der Waals surface area contributed by atoms with E-state index >= 15 is 0 Å². The zero-order chi connectivity index (χ0) is 15.6. The van der Waals surface area contributed by atoms with Gasteiger partial charge in [-0.1, -0.05) is 44.0 Å². The number of hydrogen-bond donors (Lipinski definition) is 1. The number of aromatic amines is 1. The first-order valence-corrected chi connectivity index (χ1v) is 7.10. The number of nitrogens with one attached hydrogen (secondary N) is 1. The predicted molar refractivity (Wildman–Crippen MR) is 81.2 cm³/mol. The molecule has 4 nitrogen and oxygen atoms in total. The van der Waals surface area contributed by atoms with Crippen LogP contribution < -0.4 is 11.2 Å². The molecule has 1 aromatic heterocycles. The van der Waals surface area contributed by atoms with Crippen LogP contribution in [0.1, 0.15) is 20.3 Å². The summed E-state index contributed by atoms with van der Waals surface area (Å²) < 4.78 is 14.1. The topological polar surface area (TPSA) is 54.9 Å². The van der Waals surface area contributed by atoms with Crippen molar-refractivity contribution >= 4 is 11.6 Å². The Balaban J connectivity index is 2.62. The Bertz CT molecular complexity index is 750. The van der Waals surface area contributed by atoms with Gasteiger partial charge in [-0.15, -0.1) is 0 Å². The predicted octanol–water partition coefficient (Wildman–Crippen LogP) is 3.04. The average molecular weight is 311 g/mol. The van der Waals surface area contributed by atoms with E-state index in [0.29, 0.717) is 12.1 Å². The zero-order valence-corrected chi connectivity index (χ0v) is 12.6. The van der Waals surface area contributed by atoms with Crippen LogP contribution >= 0.6 is 11.6 Å². The lowest BCUT2D eigenvalue weighted by Crippen LogP contribution is -2.37. The van der Waals surface area contributed by atoms with Crippen LogP contribution in [0.4, 0.5) is 4.39 Å². The summed E-state index contributed by atoms with van der Waals surface area (Å²) in [4.78, 5) is 26.9. The lowest BCUT2D eigenvalue weighted by molar-refractivity contribution is 0.447. The summed E-state index contributed by atoms with van der Waals surface area (Å²) in [5.41, 5.74) is -0.341. The van der Waals surface area contributed by atoms with Gasteiger partial charge in [0.25, 0.3) is 5.56 Å². The zero-order valence-electron chi connectivity index (χ0n) is 11.8. The largest absolute Gasteiger partial charge is 0.329 e. The molecule has 0 amide bonds. The molecule has 0 saturated heterocycles. The fourth-order valence-corrected chi connectivity index (χ4v) is 2.29. The Kier molecular flexibility index (Phi) is 4.63. The number of H-pyrrole nitrogens is 1. The van der Waals surface area contributed by atoms with Gasteiger partial charge in [0.1, 0.15) is 11.0 Å². The number of nitrogens with zero attached hydrogens (tertiary/aromatic N) is 1. The Hall–Kier alpha value is -1.88. The fourth-order valence-electron chi connectivity index (χ4n) is 2.02. The second-order valence-corrected chi connectivity index (χ2v) is 5.43. The highest BCUT2D eigenvalue weighted by Gasteiger charge is 2.16. The van der Waals surface area contributed by atoms with Gasteiger partial charge in [0, 0.05) is 6.54 Å². The van der Waals surface area contributed by atoms with E-state index in [9.17, 15) is 14.0 Å². The molecular weight excluding hydrogens is 295 g/mol. The standard InChI is InChI=1S/C15H16ClFN2O2/c1-3-9(2)8-19-14(20)12(13(16)18-15(19)21)10-4-6-11(17)7-5-10/h4-7,9H,3,8H2,1-2H3,(H,18,21). The van der Waals surface area contributed by atoms with Crippen molar-refractivity contribution in [2.24, 2.45) is 5.92 Å². The second-order valence-electron chi connectivity index (χ2n) is 5.06. The molecule has 1 heterocycles. The monoisotopic (exact) mass is 310 g/mol. The molecule has 0 bridgehead atoms. The van der Waals surface area contributed by atoms with Gasteiger partial charge in [0.15, 0.2) is 0 Å². The highest BCUT2D eigenvalue weighted by atomic mass is 35.5. The van der Waals surface area contributed by atoms with Gasteiger partial charge in [-0.25, -0.2) is 9.18 Å². The van der Waals surface area contributed by atoms with Crippen LogP contribution in [0.15, 0.2) is 33.9 Å². The summed E-state index contributed by atoms with van der Waals surface area (Å²) in [7, 11) is 0. The molecule has 1 atom stereocenters. The van der Waals surface area contributed by atoms with Crippen molar-refractivity contribution in [1.82, 2.24) is 9.55 Å². The Morgan fingerprint density at radius 3 is 2.48 bits per heavy atom. The van der Waals surface area contributed by atoms with E-state index in [-0.39, 0.29) is 16.6 Å². The van der Waals surface area contributed by atoms with Gasteiger partial charge < -0.3 is 0 Å². The van der Waals surface area contributed by atoms with Crippen molar-refractivity contribution in [1.29, 1.82) is 0 Å². The first-order valence-electron chi connectivity index (χ1n) is 6.72. The van der Waals surface area contributed by atoms with Crippen molar-refractivity contribution in [3.8, 4) is 11.1 Å². The van der Waals surface area contributed by atoms with Crippen molar-refractivity contribution < 1.29 is 4.39 Å². The number of aromatic nitrogens is 2. The first kappa shape index (κ1) is 15.5. The SMILES string of the molecule is CCC(C)Cn1c(=O)[nH]c(Cl)c(-c2ccc(F)cc2)c1=O. The minimum Gasteiger partial charge on any atom is -0.297 e. The highest BCUT2D eigenvalue weighted by Crippen LogP contribution is 2.21. The number of benzene rings is 1. The van der Waals surface area contributed by atoms with E-state index in [4.69, 9.17) is 11.6 Å². The number of rotatable bonds is 4. The van der Waals surface area contributed by atoms with Crippen molar-refractivity contribution in [3.63, 3.8) is 0 Å². The van der Waals surface area contributed by atoms with Crippen LogP contribution in [-0.2, 0) is 6.54 Å². The molecule has 0 aliphatic carbocycles. The van der Waals surface area contributed by atoms with Crippen LogP contribution in [0, 0.1) is 11.7 Å². The molecule has 112 valence electrons. The Morgan fingerprint density at radius 2 is 1.90 bits per heavy atom. The first-order chi connectivity index (χ1) is 9.93. The molecule has 0 aliphatic rings.